The Morgan fingerprint density at radius 3 is 2.15 bits per heavy atom. The molecule has 0 N–H and O–H groups in total. The highest BCUT2D eigenvalue weighted by Gasteiger charge is 2.29. The first kappa shape index (κ1) is 25.7. The SMILES string of the molecule is C=C(C)C(=O)OCCCCCCOc1ccc(/C(C#N)=C/c2ccc(C(F)(F)F)cc2)cc1. The molecule has 0 unspecified atom stereocenters. The number of rotatable bonds is 11. The van der Waals surface area contributed by atoms with Crippen LogP contribution in [-0.2, 0) is 15.7 Å². The van der Waals surface area contributed by atoms with Crippen LogP contribution in [0.1, 0.15) is 49.3 Å². The van der Waals surface area contributed by atoms with E-state index >= 15 is 0 Å². The fourth-order valence-electron chi connectivity index (χ4n) is 2.88. The Labute approximate surface area is 191 Å². The highest BCUT2D eigenvalue weighted by atomic mass is 19.4. The summed E-state index contributed by atoms with van der Waals surface area (Å²) in [5.74, 6) is 0.302. The van der Waals surface area contributed by atoms with Crippen LogP contribution in [-0.4, -0.2) is 19.2 Å². The van der Waals surface area contributed by atoms with E-state index in [1.54, 1.807) is 37.3 Å². The topological polar surface area (TPSA) is 59.3 Å². The van der Waals surface area contributed by atoms with E-state index in [-0.39, 0.29) is 5.97 Å². The van der Waals surface area contributed by atoms with Crippen LogP contribution in [0, 0.1) is 11.3 Å². The number of esters is 1. The average Bonchev–Trinajstić information content (AvgIpc) is 2.79. The monoisotopic (exact) mass is 457 g/mol. The number of unbranched alkanes of at least 4 members (excludes halogenated alkanes) is 3. The first-order chi connectivity index (χ1) is 15.7. The van der Waals surface area contributed by atoms with Gasteiger partial charge in [0.05, 0.1) is 30.4 Å². The van der Waals surface area contributed by atoms with Crippen LogP contribution < -0.4 is 4.74 Å². The van der Waals surface area contributed by atoms with Crippen LogP contribution in [0.3, 0.4) is 0 Å². The number of benzene rings is 2. The summed E-state index contributed by atoms with van der Waals surface area (Å²) in [5.41, 5.74) is 1.16. The highest BCUT2D eigenvalue weighted by molar-refractivity contribution is 5.89. The minimum atomic E-state index is -4.39. The molecule has 0 saturated heterocycles. The molecule has 0 aliphatic heterocycles. The van der Waals surface area contributed by atoms with Crippen molar-refractivity contribution in [3.63, 3.8) is 0 Å². The Kier molecular flexibility index (Phi) is 9.74. The zero-order valence-electron chi connectivity index (χ0n) is 18.5. The summed E-state index contributed by atoms with van der Waals surface area (Å²) in [4.78, 5) is 11.3. The molecule has 0 amide bonds. The molecular weight excluding hydrogens is 431 g/mol. The largest absolute Gasteiger partial charge is 0.494 e. The maximum absolute atomic E-state index is 12.7. The van der Waals surface area contributed by atoms with Gasteiger partial charge in [-0.25, -0.2) is 4.79 Å². The predicted molar refractivity (Wildman–Crippen MR) is 121 cm³/mol. The number of allylic oxidation sites excluding steroid dienone is 1. The summed E-state index contributed by atoms with van der Waals surface area (Å²) in [6.45, 7) is 6.07. The van der Waals surface area contributed by atoms with E-state index in [4.69, 9.17) is 9.47 Å². The molecule has 4 nitrogen and oxygen atoms in total. The van der Waals surface area contributed by atoms with Crippen LogP contribution >= 0.6 is 0 Å². The number of carbonyl (C=O) groups excluding carboxylic acids is 1. The fraction of sp³-hybridized carbons (Fsp3) is 0.308. The van der Waals surface area contributed by atoms with Gasteiger partial charge >= 0.3 is 12.1 Å². The van der Waals surface area contributed by atoms with Crippen LogP contribution in [0.4, 0.5) is 13.2 Å². The molecule has 0 saturated carbocycles. The first-order valence-electron chi connectivity index (χ1n) is 10.6. The van der Waals surface area contributed by atoms with Gasteiger partial charge in [0.15, 0.2) is 0 Å². The van der Waals surface area contributed by atoms with Crippen molar-refractivity contribution in [1.29, 1.82) is 5.26 Å². The van der Waals surface area contributed by atoms with E-state index in [1.807, 2.05) is 0 Å². The lowest BCUT2D eigenvalue weighted by Gasteiger charge is -2.08. The third-order valence-electron chi connectivity index (χ3n) is 4.72. The third-order valence-corrected chi connectivity index (χ3v) is 4.72. The van der Waals surface area contributed by atoms with Gasteiger partial charge in [-0.1, -0.05) is 18.7 Å². The van der Waals surface area contributed by atoms with Gasteiger partial charge in [0.25, 0.3) is 0 Å². The molecule has 0 aromatic heterocycles. The molecular formula is C26H26F3NO3. The molecule has 2 aromatic rings. The summed E-state index contributed by atoms with van der Waals surface area (Å²) in [5, 5.41) is 9.45. The summed E-state index contributed by atoms with van der Waals surface area (Å²) in [7, 11) is 0. The second-order valence-corrected chi connectivity index (χ2v) is 7.49. The van der Waals surface area contributed by atoms with Crippen molar-refractivity contribution in [3.8, 4) is 11.8 Å². The number of ether oxygens (including phenoxy) is 2. The number of alkyl halides is 3. The summed E-state index contributed by atoms with van der Waals surface area (Å²) in [6, 6.07) is 13.7. The Hall–Kier alpha value is -3.53. The van der Waals surface area contributed by atoms with E-state index in [9.17, 15) is 23.2 Å². The number of nitrogens with zero attached hydrogens (tertiary/aromatic N) is 1. The normalized spacial score (nSPS) is 11.5. The molecule has 7 heteroatoms. The number of hydrogen-bond donors (Lipinski definition) is 0. The Balaban J connectivity index is 1.79. The average molecular weight is 457 g/mol. The van der Waals surface area contributed by atoms with E-state index in [2.05, 4.69) is 12.6 Å². The van der Waals surface area contributed by atoms with E-state index in [0.29, 0.717) is 41.2 Å². The van der Waals surface area contributed by atoms with E-state index in [0.717, 1.165) is 37.8 Å². The highest BCUT2D eigenvalue weighted by Crippen LogP contribution is 2.30. The van der Waals surface area contributed by atoms with Gasteiger partial charge in [0.1, 0.15) is 5.75 Å². The van der Waals surface area contributed by atoms with Gasteiger partial charge in [-0.05, 0) is 86.2 Å². The van der Waals surface area contributed by atoms with Crippen molar-refractivity contribution in [3.05, 3.63) is 77.4 Å². The standard InChI is InChI=1S/C26H26F3NO3/c1-19(2)25(31)33-16-6-4-3-5-15-32-24-13-9-21(10-14-24)22(18-30)17-20-7-11-23(12-8-20)26(27,28)29/h7-14,17H,1,3-6,15-16H2,2H3/b22-17+. The lowest BCUT2D eigenvalue weighted by Crippen LogP contribution is -2.06. The number of carbonyl (C=O) groups is 1. The predicted octanol–water partition coefficient (Wildman–Crippen LogP) is 6.83. The summed E-state index contributed by atoms with van der Waals surface area (Å²) >= 11 is 0. The summed E-state index contributed by atoms with van der Waals surface area (Å²) in [6.07, 6.45) is 0.659. The second kappa shape index (κ2) is 12.5. The van der Waals surface area contributed by atoms with Crippen molar-refractivity contribution in [2.24, 2.45) is 0 Å². The fourth-order valence-corrected chi connectivity index (χ4v) is 2.88. The molecule has 0 atom stereocenters. The van der Waals surface area contributed by atoms with Gasteiger partial charge in [-0.15, -0.1) is 0 Å². The van der Waals surface area contributed by atoms with Crippen molar-refractivity contribution in [1.82, 2.24) is 0 Å². The molecule has 0 aliphatic rings. The van der Waals surface area contributed by atoms with Crippen LogP contribution in [0.5, 0.6) is 5.75 Å². The molecule has 0 spiro atoms. The minimum Gasteiger partial charge on any atom is -0.494 e. The van der Waals surface area contributed by atoms with Crippen molar-refractivity contribution in [2.75, 3.05) is 13.2 Å². The Morgan fingerprint density at radius 2 is 1.61 bits per heavy atom. The minimum absolute atomic E-state index is 0.341. The Morgan fingerprint density at radius 1 is 1.00 bits per heavy atom. The van der Waals surface area contributed by atoms with Crippen molar-refractivity contribution < 1.29 is 27.4 Å². The number of nitriles is 1. The second-order valence-electron chi connectivity index (χ2n) is 7.49. The summed E-state index contributed by atoms with van der Waals surface area (Å²) < 4.78 is 48.8. The zero-order chi connectivity index (χ0) is 24.3. The van der Waals surface area contributed by atoms with E-state index < -0.39 is 11.7 Å². The van der Waals surface area contributed by atoms with Gasteiger partial charge in [0, 0.05) is 5.57 Å². The molecule has 33 heavy (non-hydrogen) atoms. The van der Waals surface area contributed by atoms with Crippen molar-refractivity contribution >= 4 is 17.6 Å². The lowest BCUT2D eigenvalue weighted by atomic mass is 10.0. The molecule has 0 bridgehead atoms. The molecule has 0 radical (unpaired) electrons. The van der Waals surface area contributed by atoms with Gasteiger partial charge in [-0.2, -0.15) is 18.4 Å². The Bertz CT molecular complexity index is 1000. The molecule has 174 valence electrons. The molecule has 0 fully saturated rings. The molecule has 0 aliphatic carbocycles. The van der Waals surface area contributed by atoms with Gasteiger partial charge in [0.2, 0.25) is 0 Å². The number of hydrogen-bond acceptors (Lipinski definition) is 4. The first-order valence-corrected chi connectivity index (χ1v) is 10.6. The maximum atomic E-state index is 12.7. The van der Waals surface area contributed by atoms with E-state index in [1.165, 1.54) is 12.1 Å². The lowest BCUT2D eigenvalue weighted by molar-refractivity contribution is -0.139. The van der Waals surface area contributed by atoms with Crippen LogP contribution in [0.25, 0.3) is 11.6 Å². The quantitative estimate of drug-likeness (QED) is 0.122. The maximum Gasteiger partial charge on any atom is 0.416 e. The third kappa shape index (κ3) is 8.85. The van der Waals surface area contributed by atoms with Crippen molar-refractivity contribution in [2.45, 2.75) is 38.8 Å². The number of halogens is 3. The van der Waals surface area contributed by atoms with Gasteiger partial charge < -0.3 is 9.47 Å². The zero-order valence-corrected chi connectivity index (χ0v) is 18.5. The van der Waals surface area contributed by atoms with Crippen LogP contribution in [0.2, 0.25) is 0 Å². The van der Waals surface area contributed by atoms with Crippen LogP contribution in [0.15, 0.2) is 60.7 Å². The molecule has 2 rings (SSSR count). The molecule has 2 aromatic carbocycles. The van der Waals surface area contributed by atoms with Gasteiger partial charge in [-0.3, -0.25) is 0 Å². The smallest absolute Gasteiger partial charge is 0.416 e. The molecule has 0 heterocycles.